The Morgan fingerprint density at radius 2 is 2.00 bits per heavy atom. The van der Waals surface area contributed by atoms with Crippen LogP contribution in [0.2, 0.25) is 0 Å². The Bertz CT molecular complexity index is 706. The lowest BCUT2D eigenvalue weighted by Crippen LogP contribution is -2.62. The van der Waals surface area contributed by atoms with Crippen molar-refractivity contribution in [1.29, 1.82) is 0 Å². The number of primary sulfonamides is 1. The number of carbonyl (C=O) groups is 1. The van der Waals surface area contributed by atoms with Crippen LogP contribution in [0.3, 0.4) is 0 Å². The van der Waals surface area contributed by atoms with Crippen molar-refractivity contribution < 1.29 is 13.2 Å². The van der Waals surface area contributed by atoms with Gasteiger partial charge in [0.15, 0.2) is 5.17 Å². The fraction of sp³-hybridized carbons (Fsp3) is 0.200. The molecule has 1 atom stereocenters. The zero-order chi connectivity index (χ0) is 15.8. The fourth-order valence-corrected chi connectivity index (χ4v) is 4.34. The van der Waals surface area contributed by atoms with E-state index in [9.17, 15) is 13.2 Å². The summed E-state index contributed by atoms with van der Waals surface area (Å²) in [7, 11) is -4.24. The number of hydrogen-bond donors (Lipinski definition) is 3. The minimum atomic E-state index is -4.24. The molecule has 2 rings (SSSR count). The number of nitrogens with two attached hydrogens (primary N) is 2. The summed E-state index contributed by atoms with van der Waals surface area (Å²) in [6, 6.07) is 6.72. The molecule has 1 aliphatic rings. The molecule has 0 aliphatic carbocycles. The molecule has 0 saturated heterocycles. The van der Waals surface area contributed by atoms with Crippen molar-refractivity contribution in [1.82, 2.24) is 5.43 Å². The minimum Gasteiger partial charge on any atom is -0.377 e. The first kappa shape index (κ1) is 16.3. The van der Waals surface area contributed by atoms with Gasteiger partial charge >= 0.3 is 4.33 Å². The number of carbonyl (C=O) groups excluding carboxylic acids is 1. The normalized spacial score (nSPS) is 21.6. The highest BCUT2D eigenvalue weighted by atomic mass is 127. The monoisotopic (exact) mass is 441 g/mol. The number of rotatable bonds is 3. The van der Waals surface area contributed by atoms with Crippen molar-refractivity contribution >= 4 is 61.1 Å². The lowest BCUT2D eigenvalue weighted by molar-refractivity contribution is -0.117. The molecule has 1 heterocycles. The van der Waals surface area contributed by atoms with Crippen LogP contribution < -0.4 is 21.2 Å². The maximum Gasteiger partial charge on any atom is 0.306 e. The van der Waals surface area contributed by atoms with Crippen LogP contribution >= 0.6 is 34.4 Å². The standard InChI is InChI=1S/C10H12IN5O3S2/c1-6(17)16(8-4-2-7(11)3-5-8)10(21(13,18)19)15-14-9(12)20-10/h2-5,15H,1H3,(H2,12,14)(H2,13,18,19). The molecular weight excluding hydrogens is 429 g/mol. The van der Waals surface area contributed by atoms with Crippen LogP contribution in [0.25, 0.3) is 0 Å². The van der Waals surface area contributed by atoms with Gasteiger partial charge in [-0.3, -0.25) is 15.1 Å². The first-order valence-electron chi connectivity index (χ1n) is 5.55. The number of nitrogens with one attached hydrogen (secondary N) is 1. The van der Waals surface area contributed by atoms with Gasteiger partial charge in [0.25, 0.3) is 10.0 Å². The number of benzene rings is 1. The average Bonchev–Trinajstić information content (AvgIpc) is 2.74. The third-order valence-corrected chi connectivity index (χ3v) is 6.19. The van der Waals surface area contributed by atoms with E-state index in [1.165, 1.54) is 6.92 Å². The number of amidine groups is 1. The second kappa shape index (κ2) is 5.62. The van der Waals surface area contributed by atoms with E-state index < -0.39 is 20.3 Å². The summed E-state index contributed by atoms with van der Waals surface area (Å²) in [5.74, 6) is -0.518. The van der Waals surface area contributed by atoms with E-state index in [4.69, 9.17) is 10.9 Å². The van der Waals surface area contributed by atoms with E-state index in [1.54, 1.807) is 24.3 Å². The summed E-state index contributed by atoms with van der Waals surface area (Å²) in [6.45, 7) is 1.24. The summed E-state index contributed by atoms with van der Waals surface area (Å²) in [5.41, 5.74) is 8.27. The van der Waals surface area contributed by atoms with E-state index in [0.717, 1.165) is 8.47 Å². The first-order chi connectivity index (χ1) is 9.67. The molecule has 1 aromatic rings. The molecule has 21 heavy (non-hydrogen) atoms. The van der Waals surface area contributed by atoms with E-state index >= 15 is 0 Å². The number of anilines is 1. The first-order valence-corrected chi connectivity index (χ1v) is 8.99. The van der Waals surface area contributed by atoms with Gasteiger partial charge in [-0.05, 0) is 58.6 Å². The van der Waals surface area contributed by atoms with Crippen LogP contribution in [0.1, 0.15) is 6.92 Å². The largest absolute Gasteiger partial charge is 0.377 e. The number of amides is 1. The van der Waals surface area contributed by atoms with Crippen LogP contribution in [-0.4, -0.2) is 23.8 Å². The molecule has 0 aromatic heterocycles. The van der Waals surface area contributed by atoms with E-state index in [1.807, 2.05) is 0 Å². The lowest BCUT2D eigenvalue weighted by Gasteiger charge is -2.36. The van der Waals surface area contributed by atoms with Gasteiger partial charge in [0.2, 0.25) is 5.91 Å². The molecule has 0 radical (unpaired) electrons. The Kier molecular flexibility index (Phi) is 4.37. The molecule has 0 bridgehead atoms. The van der Waals surface area contributed by atoms with Crippen molar-refractivity contribution in [2.75, 3.05) is 4.90 Å². The summed E-state index contributed by atoms with van der Waals surface area (Å²) in [4.78, 5) is 13.1. The summed E-state index contributed by atoms with van der Waals surface area (Å²) < 4.78 is 23.1. The minimum absolute atomic E-state index is 0.0270. The van der Waals surface area contributed by atoms with E-state index in [-0.39, 0.29) is 5.17 Å². The Morgan fingerprint density at radius 1 is 1.43 bits per heavy atom. The molecule has 0 saturated carbocycles. The second-order valence-electron chi connectivity index (χ2n) is 4.12. The number of hydrazone groups is 1. The Hall–Kier alpha value is -1.05. The second-order valence-corrected chi connectivity index (χ2v) is 8.52. The van der Waals surface area contributed by atoms with Gasteiger partial charge in [-0.25, -0.2) is 13.6 Å². The smallest absolute Gasteiger partial charge is 0.306 e. The van der Waals surface area contributed by atoms with Gasteiger partial charge in [0.05, 0.1) is 0 Å². The Morgan fingerprint density at radius 3 is 2.38 bits per heavy atom. The molecule has 1 unspecified atom stereocenters. The van der Waals surface area contributed by atoms with Gasteiger partial charge in [0, 0.05) is 16.2 Å². The molecule has 114 valence electrons. The highest BCUT2D eigenvalue weighted by molar-refractivity contribution is 14.1. The van der Waals surface area contributed by atoms with Gasteiger partial charge in [-0.2, -0.15) is 5.10 Å². The van der Waals surface area contributed by atoms with Crippen molar-refractivity contribution in [2.45, 2.75) is 11.3 Å². The van der Waals surface area contributed by atoms with Crippen molar-refractivity contribution in [2.24, 2.45) is 16.0 Å². The molecule has 11 heteroatoms. The lowest BCUT2D eigenvalue weighted by atomic mass is 10.3. The van der Waals surface area contributed by atoms with Gasteiger partial charge in [-0.1, -0.05) is 0 Å². The number of sulfonamides is 1. The van der Waals surface area contributed by atoms with Crippen LogP contribution in [0, 0.1) is 3.57 Å². The quantitative estimate of drug-likeness (QED) is 0.571. The predicted molar refractivity (Wildman–Crippen MR) is 90.5 cm³/mol. The predicted octanol–water partition coefficient (Wildman–Crippen LogP) is 0.110. The maximum atomic E-state index is 12.1. The summed E-state index contributed by atoms with van der Waals surface area (Å²) >= 11 is 2.76. The van der Waals surface area contributed by atoms with Crippen molar-refractivity contribution in [3.05, 3.63) is 27.8 Å². The molecule has 5 N–H and O–H groups in total. The maximum absolute atomic E-state index is 12.1. The molecule has 1 amide bonds. The van der Waals surface area contributed by atoms with Crippen LogP contribution in [0.5, 0.6) is 0 Å². The van der Waals surface area contributed by atoms with Crippen LogP contribution in [0.15, 0.2) is 29.4 Å². The molecule has 1 aromatic carbocycles. The number of halogens is 1. The topological polar surface area (TPSA) is 131 Å². The summed E-state index contributed by atoms with van der Waals surface area (Å²) in [6.07, 6.45) is 0. The van der Waals surface area contributed by atoms with Gasteiger partial charge in [-0.15, -0.1) is 0 Å². The average molecular weight is 441 g/mol. The number of nitrogens with zero attached hydrogens (tertiary/aromatic N) is 2. The highest BCUT2D eigenvalue weighted by Crippen LogP contribution is 2.38. The van der Waals surface area contributed by atoms with Crippen molar-refractivity contribution in [3.63, 3.8) is 0 Å². The third kappa shape index (κ3) is 2.95. The molecule has 0 fully saturated rings. The Balaban J connectivity index is 2.59. The fourth-order valence-electron chi connectivity index (χ4n) is 1.81. The van der Waals surface area contributed by atoms with Crippen LogP contribution in [0.4, 0.5) is 5.69 Å². The van der Waals surface area contributed by atoms with Gasteiger partial charge < -0.3 is 5.73 Å². The molecule has 8 nitrogen and oxygen atoms in total. The molecular formula is C10H12IN5O3S2. The van der Waals surface area contributed by atoms with Gasteiger partial charge in [0.1, 0.15) is 0 Å². The SMILES string of the molecule is CC(=O)N(c1ccc(I)cc1)C1(S(N)(=O)=O)NN=C(N)S1. The van der Waals surface area contributed by atoms with E-state index in [0.29, 0.717) is 17.4 Å². The van der Waals surface area contributed by atoms with E-state index in [2.05, 4.69) is 33.1 Å². The zero-order valence-electron chi connectivity index (χ0n) is 10.8. The number of thioether (sulfide) groups is 1. The van der Waals surface area contributed by atoms with Crippen LogP contribution in [-0.2, 0) is 14.8 Å². The Labute approximate surface area is 139 Å². The highest BCUT2D eigenvalue weighted by Gasteiger charge is 2.54. The third-order valence-electron chi connectivity index (χ3n) is 2.63. The van der Waals surface area contributed by atoms with Crippen molar-refractivity contribution in [3.8, 4) is 0 Å². The summed E-state index contributed by atoms with van der Waals surface area (Å²) in [5, 5.41) is 8.94. The zero-order valence-corrected chi connectivity index (χ0v) is 14.6. The molecule has 0 spiro atoms. The number of hydrogen-bond acceptors (Lipinski definition) is 7. The molecule has 1 aliphatic heterocycles.